The number of carbonyl (C=O) groups is 1. The Balaban J connectivity index is 2.63. The normalized spacial score (nSPS) is 28.2. The van der Waals surface area contributed by atoms with Crippen LogP contribution in [0.1, 0.15) is 40.0 Å². The summed E-state index contributed by atoms with van der Waals surface area (Å²) in [6, 6.07) is -0.0573. The zero-order chi connectivity index (χ0) is 15.2. The van der Waals surface area contributed by atoms with Crippen LogP contribution in [0.3, 0.4) is 0 Å². The Kier molecular flexibility index (Phi) is 5.61. The van der Waals surface area contributed by atoms with Gasteiger partial charge in [-0.25, -0.2) is 9.18 Å². The summed E-state index contributed by atoms with van der Waals surface area (Å²) < 4.78 is 21.6. The van der Waals surface area contributed by atoms with Gasteiger partial charge in [0.15, 0.2) is 0 Å². The van der Waals surface area contributed by atoms with E-state index in [1.54, 1.807) is 6.26 Å². The van der Waals surface area contributed by atoms with Crippen molar-refractivity contribution >= 4 is 6.09 Å². The number of alkyl carbamates (subject to hydrolysis) is 1. The minimum absolute atomic E-state index is 0.0316. The standard InChI is InChI=1S/C14H23FN2O3/c1-13(2)6-11(17-12(18)20-5-4-15)7-14(3,8-13)9-19-10-16/h11H,4-9H2,1-3H3,(H,17,18). The van der Waals surface area contributed by atoms with Gasteiger partial charge in [0.2, 0.25) is 0 Å². The molecule has 0 aliphatic heterocycles. The van der Waals surface area contributed by atoms with E-state index in [4.69, 9.17) is 14.7 Å². The summed E-state index contributed by atoms with van der Waals surface area (Å²) in [5.74, 6) is 0. The van der Waals surface area contributed by atoms with Gasteiger partial charge in [0.1, 0.15) is 19.9 Å². The second-order valence-electron chi connectivity index (χ2n) is 6.61. The third kappa shape index (κ3) is 5.24. The van der Waals surface area contributed by atoms with Gasteiger partial charge >= 0.3 is 6.09 Å². The van der Waals surface area contributed by atoms with Gasteiger partial charge in [0, 0.05) is 11.5 Å². The molecule has 0 bridgehead atoms. The number of carbonyl (C=O) groups excluding carboxylic acids is 1. The van der Waals surface area contributed by atoms with E-state index in [9.17, 15) is 9.18 Å². The van der Waals surface area contributed by atoms with E-state index in [2.05, 4.69) is 19.2 Å². The highest BCUT2D eigenvalue weighted by atomic mass is 19.1. The van der Waals surface area contributed by atoms with Crippen molar-refractivity contribution in [3.63, 3.8) is 0 Å². The Bertz CT molecular complexity index is 381. The van der Waals surface area contributed by atoms with Crippen LogP contribution >= 0.6 is 0 Å². The summed E-state index contributed by atoms with van der Waals surface area (Å²) in [4.78, 5) is 11.5. The van der Waals surface area contributed by atoms with Gasteiger partial charge in [-0.2, -0.15) is 5.26 Å². The molecule has 0 radical (unpaired) electrons. The van der Waals surface area contributed by atoms with Crippen LogP contribution < -0.4 is 5.32 Å². The lowest BCUT2D eigenvalue weighted by molar-refractivity contribution is 0.0194. The summed E-state index contributed by atoms with van der Waals surface area (Å²) in [5.41, 5.74) is -0.140. The maximum Gasteiger partial charge on any atom is 0.407 e. The molecule has 5 nitrogen and oxygen atoms in total. The average Bonchev–Trinajstić information content (AvgIpc) is 2.31. The average molecular weight is 286 g/mol. The smallest absolute Gasteiger partial charge is 0.407 e. The van der Waals surface area contributed by atoms with E-state index < -0.39 is 12.8 Å². The van der Waals surface area contributed by atoms with Gasteiger partial charge in [-0.15, -0.1) is 0 Å². The topological polar surface area (TPSA) is 71.3 Å². The zero-order valence-corrected chi connectivity index (χ0v) is 12.4. The number of hydrogen-bond donors (Lipinski definition) is 1. The number of nitrogens with zero attached hydrogens (tertiary/aromatic N) is 1. The molecule has 2 atom stereocenters. The number of hydrogen-bond acceptors (Lipinski definition) is 4. The number of amides is 1. The molecule has 2 unspecified atom stereocenters. The molecule has 0 aromatic carbocycles. The monoisotopic (exact) mass is 286 g/mol. The van der Waals surface area contributed by atoms with Crippen molar-refractivity contribution in [2.24, 2.45) is 10.8 Å². The molecule has 0 spiro atoms. The maximum atomic E-state index is 12.0. The molecule has 20 heavy (non-hydrogen) atoms. The van der Waals surface area contributed by atoms with Gasteiger partial charge in [0.05, 0.1) is 0 Å². The van der Waals surface area contributed by atoms with Crippen LogP contribution in [0.4, 0.5) is 9.18 Å². The third-order valence-corrected chi connectivity index (χ3v) is 3.56. The highest BCUT2D eigenvalue weighted by Crippen LogP contribution is 2.46. The molecule has 0 aromatic heterocycles. The Morgan fingerprint density at radius 3 is 2.75 bits per heavy atom. The van der Waals surface area contributed by atoms with Crippen molar-refractivity contribution in [2.45, 2.75) is 46.1 Å². The second kappa shape index (κ2) is 6.78. The van der Waals surface area contributed by atoms with Crippen molar-refractivity contribution in [3.8, 4) is 6.26 Å². The molecule has 0 saturated heterocycles. The van der Waals surface area contributed by atoms with Crippen LogP contribution in [0.25, 0.3) is 0 Å². The van der Waals surface area contributed by atoms with Crippen molar-refractivity contribution in [2.75, 3.05) is 19.9 Å². The summed E-state index contributed by atoms with van der Waals surface area (Å²) in [6.45, 7) is 5.72. The number of nitrogens with one attached hydrogen (secondary N) is 1. The fourth-order valence-electron chi connectivity index (χ4n) is 3.39. The quantitative estimate of drug-likeness (QED) is 0.789. The molecule has 1 fully saturated rings. The highest BCUT2D eigenvalue weighted by molar-refractivity contribution is 5.67. The van der Waals surface area contributed by atoms with E-state index in [1.165, 1.54) is 0 Å². The van der Waals surface area contributed by atoms with Gasteiger partial charge < -0.3 is 14.8 Å². The minimum atomic E-state index is -0.683. The van der Waals surface area contributed by atoms with Crippen LogP contribution in [0, 0.1) is 22.3 Å². The fourth-order valence-corrected chi connectivity index (χ4v) is 3.39. The Hall–Kier alpha value is -1.51. The lowest BCUT2D eigenvalue weighted by Crippen LogP contribution is -2.48. The SMILES string of the molecule is CC1(C)CC(NC(=O)OCCF)CC(C)(COC#N)C1. The summed E-state index contributed by atoms with van der Waals surface area (Å²) in [5, 5.41) is 11.3. The minimum Gasteiger partial charge on any atom is -0.447 e. The third-order valence-electron chi connectivity index (χ3n) is 3.56. The Morgan fingerprint density at radius 1 is 1.45 bits per heavy atom. The molecule has 114 valence electrons. The summed E-state index contributed by atoms with van der Waals surface area (Å²) >= 11 is 0. The van der Waals surface area contributed by atoms with Crippen LogP contribution in [0.15, 0.2) is 0 Å². The Labute approximate surface area is 119 Å². The molecule has 1 amide bonds. The first-order valence-electron chi connectivity index (χ1n) is 6.80. The molecule has 6 heteroatoms. The van der Waals surface area contributed by atoms with E-state index in [0.29, 0.717) is 13.0 Å². The first-order chi connectivity index (χ1) is 9.30. The van der Waals surface area contributed by atoms with Crippen molar-refractivity contribution in [1.29, 1.82) is 5.26 Å². The number of rotatable bonds is 5. The van der Waals surface area contributed by atoms with Crippen molar-refractivity contribution in [3.05, 3.63) is 0 Å². The number of alkyl halides is 1. The van der Waals surface area contributed by atoms with Crippen molar-refractivity contribution < 1.29 is 18.7 Å². The van der Waals surface area contributed by atoms with Gasteiger partial charge in [0.25, 0.3) is 6.26 Å². The predicted molar refractivity (Wildman–Crippen MR) is 71.6 cm³/mol. The van der Waals surface area contributed by atoms with Gasteiger partial charge in [-0.1, -0.05) is 20.8 Å². The van der Waals surface area contributed by atoms with Crippen LogP contribution in [0.2, 0.25) is 0 Å². The molecule has 1 aliphatic carbocycles. The Morgan fingerprint density at radius 2 is 2.15 bits per heavy atom. The first-order valence-corrected chi connectivity index (χ1v) is 6.80. The van der Waals surface area contributed by atoms with Crippen LogP contribution in [-0.2, 0) is 9.47 Å². The molecule has 1 rings (SSSR count). The lowest BCUT2D eigenvalue weighted by atomic mass is 9.63. The molecule has 1 saturated carbocycles. The zero-order valence-electron chi connectivity index (χ0n) is 12.4. The number of halogens is 1. The molecule has 1 N–H and O–H groups in total. The summed E-state index contributed by atoms with van der Waals surface area (Å²) in [6.07, 6.45) is 3.55. The summed E-state index contributed by atoms with van der Waals surface area (Å²) in [7, 11) is 0. The molecule has 0 aromatic rings. The number of ether oxygens (including phenoxy) is 2. The maximum absolute atomic E-state index is 12.0. The van der Waals surface area contributed by atoms with Crippen molar-refractivity contribution in [1.82, 2.24) is 5.32 Å². The van der Waals surface area contributed by atoms with Crippen LogP contribution in [0.5, 0.6) is 0 Å². The molecule has 0 heterocycles. The molecular formula is C14H23FN2O3. The van der Waals surface area contributed by atoms with E-state index in [1.807, 2.05) is 6.92 Å². The van der Waals surface area contributed by atoms with E-state index >= 15 is 0 Å². The highest BCUT2D eigenvalue weighted by Gasteiger charge is 2.42. The predicted octanol–water partition coefficient (Wildman–Crippen LogP) is 2.76. The van der Waals surface area contributed by atoms with Gasteiger partial charge in [-0.05, 0) is 24.7 Å². The van der Waals surface area contributed by atoms with E-state index in [0.717, 1.165) is 12.8 Å². The van der Waals surface area contributed by atoms with E-state index in [-0.39, 0.29) is 23.5 Å². The first kappa shape index (κ1) is 16.5. The fraction of sp³-hybridized carbons (Fsp3) is 0.857. The lowest BCUT2D eigenvalue weighted by Gasteiger charge is -2.45. The second-order valence-corrected chi connectivity index (χ2v) is 6.61. The molecule has 1 aliphatic rings. The number of nitriles is 1. The molecular weight excluding hydrogens is 263 g/mol. The largest absolute Gasteiger partial charge is 0.447 e. The van der Waals surface area contributed by atoms with Crippen LogP contribution in [-0.4, -0.2) is 32.0 Å². The van der Waals surface area contributed by atoms with Gasteiger partial charge in [-0.3, -0.25) is 0 Å².